The zero-order valence-corrected chi connectivity index (χ0v) is 15.7. The van der Waals surface area contributed by atoms with E-state index in [-0.39, 0.29) is 0 Å². The van der Waals surface area contributed by atoms with E-state index in [0.717, 1.165) is 61.6 Å². The number of hydrogen-bond donors (Lipinski definition) is 2. The highest BCUT2D eigenvalue weighted by Gasteiger charge is 2.15. The zero-order chi connectivity index (χ0) is 17.5. The summed E-state index contributed by atoms with van der Waals surface area (Å²) in [7, 11) is 0. The van der Waals surface area contributed by atoms with Gasteiger partial charge in [0.2, 0.25) is 0 Å². The van der Waals surface area contributed by atoms with Crippen LogP contribution in [0.2, 0.25) is 0 Å². The molecule has 3 rings (SSSR count). The van der Waals surface area contributed by atoms with Crippen LogP contribution in [-0.2, 0) is 17.7 Å². The first-order valence-electron chi connectivity index (χ1n) is 8.76. The van der Waals surface area contributed by atoms with Crippen molar-refractivity contribution in [2.75, 3.05) is 26.3 Å². The Balaban J connectivity index is 1.54. The lowest BCUT2D eigenvalue weighted by Gasteiger charge is -2.14. The quantitative estimate of drug-likeness (QED) is 0.585. The second-order valence-corrected chi connectivity index (χ2v) is 7.57. The topological polar surface area (TPSA) is 71.7 Å². The minimum atomic E-state index is 0.557. The van der Waals surface area contributed by atoms with Crippen molar-refractivity contribution in [1.29, 1.82) is 0 Å². The predicted octanol–water partition coefficient (Wildman–Crippen LogP) is 2.67. The van der Waals surface area contributed by atoms with E-state index in [4.69, 9.17) is 14.1 Å². The third-order valence-electron chi connectivity index (χ3n) is 4.27. The Hall–Kier alpha value is -1.86. The van der Waals surface area contributed by atoms with Crippen LogP contribution in [0.5, 0.6) is 0 Å². The molecule has 0 bridgehead atoms. The molecule has 6 nitrogen and oxygen atoms in total. The Bertz CT molecular complexity index is 656. The first-order valence-corrected chi connectivity index (χ1v) is 9.57. The van der Waals surface area contributed by atoms with Gasteiger partial charge in [0.15, 0.2) is 5.96 Å². The highest BCUT2D eigenvalue weighted by Crippen LogP contribution is 2.17. The smallest absolute Gasteiger partial charge is 0.191 e. The SMILES string of the molecule is Cc1nc(CN=C(NCCc2ccco2)NCC2CCOC2)sc1C. The van der Waals surface area contributed by atoms with Crippen LogP contribution in [0.4, 0.5) is 0 Å². The average molecular weight is 362 g/mol. The Morgan fingerprint density at radius 2 is 2.32 bits per heavy atom. The third kappa shape index (κ3) is 5.57. The summed E-state index contributed by atoms with van der Waals surface area (Å²) in [4.78, 5) is 10.5. The molecule has 0 amide bonds. The number of aryl methyl sites for hydroxylation is 2. The Morgan fingerprint density at radius 1 is 1.40 bits per heavy atom. The van der Waals surface area contributed by atoms with Crippen molar-refractivity contribution in [3.05, 3.63) is 39.7 Å². The maximum absolute atomic E-state index is 5.44. The van der Waals surface area contributed by atoms with Crippen LogP contribution < -0.4 is 10.6 Å². The largest absolute Gasteiger partial charge is 0.469 e. The molecule has 1 aliphatic heterocycles. The van der Waals surface area contributed by atoms with Crippen LogP contribution in [0.1, 0.15) is 27.8 Å². The number of aromatic nitrogens is 1. The molecule has 0 saturated carbocycles. The minimum absolute atomic E-state index is 0.557. The lowest BCUT2D eigenvalue weighted by Crippen LogP contribution is -2.40. The summed E-state index contributed by atoms with van der Waals surface area (Å²) in [5, 5.41) is 7.87. The van der Waals surface area contributed by atoms with E-state index < -0.39 is 0 Å². The van der Waals surface area contributed by atoms with Gasteiger partial charge >= 0.3 is 0 Å². The molecule has 1 fully saturated rings. The maximum atomic E-state index is 5.44. The van der Waals surface area contributed by atoms with Gasteiger partial charge in [-0.2, -0.15) is 0 Å². The monoisotopic (exact) mass is 362 g/mol. The van der Waals surface area contributed by atoms with Crippen LogP contribution in [0.25, 0.3) is 0 Å². The molecule has 0 aromatic carbocycles. The highest BCUT2D eigenvalue weighted by atomic mass is 32.1. The molecule has 1 atom stereocenters. The number of aliphatic imine (C=N–C) groups is 1. The van der Waals surface area contributed by atoms with Crippen molar-refractivity contribution >= 4 is 17.3 Å². The van der Waals surface area contributed by atoms with Crippen molar-refractivity contribution < 1.29 is 9.15 Å². The lowest BCUT2D eigenvalue weighted by atomic mass is 10.1. The van der Waals surface area contributed by atoms with Gasteiger partial charge in [-0.25, -0.2) is 9.98 Å². The average Bonchev–Trinajstić information content (AvgIpc) is 3.34. The van der Waals surface area contributed by atoms with Crippen molar-refractivity contribution in [1.82, 2.24) is 15.6 Å². The molecule has 1 aliphatic rings. The number of thiazole rings is 1. The molecule has 1 unspecified atom stereocenters. The predicted molar refractivity (Wildman–Crippen MR) is 100 cm³/mol. The zero-order valence-electron chi connectivity index (χ0n) is 14.9. The van der Waals surface area contributed by atoms with Gasteiger partial charge in [0.05, 0.1) is 25.1 Å². The van der Waals surface area contributed by atoms with Gasteiger partial charge in [-0.1, -0.05) is 0 Å². The Labute approximate surface area is 152 Å². The summed E-state index contributed by atoms with van der Waals surface area (Å²) in [6.45, 7) is 8.08. The molecule has 0 spiro atoms. The normalized spacial score (nSPS) is 17.8. The molecule has 25 heavy (non-hydrogen) atoms. The molecule has 0 aliphatic carbocycles. The first-order chi connectivity index (χ1) is 12.2. The molecule has 136 valence electrons. The minimum Gasteiger partial charge on any atom is -0.469 e. The highest BCUT2D eigenvalue weighted by molar-refractivity contribution is 7.11. The standard InChI is InChI=1S/C18H26N4O2S/c1-13-14(2)25-17(22-13)11-21-18(20-10-15-6-9-23-12-15)19-7-5-16-4-3-8-24-16/h3-4,8,15H,5-7,9-12H2,1-2H3,(H2,19,20,21). The van der Waals surface area contributed by atoms with Crippen LogP contribution in [0.3, 0.4) is 0 Å². The summed E-state index contributed by atoms with van der Waals surface area (Å²) >= 11 is 1.71. The Morgan fingerprint density at radius 3 is 3.00 bits per heavy atom. The van der Waals surface area contributed by atoms with E-state index in [1.807, 2.05) is 19.1 Å². The summed E-state index contributed by atoms with van der Waals surface area (Å²) < 4.78 is 10.8. The van der Waals surface area contributed by atoms with Gasteiger partial charge in [-0.3, -0.25) is 0 Å². The number of furan rings is 1. The molecule has 3 heterocycles. The van der Waals surface area contributed by atoms with Crippen molar-refractivity contribution in [2.45, 2.75) is 33.2 Å². The van der Waals surface area contributed by atoms with E-state index >= 15 is 0 Å². The van der Waals surface area contributed by atoms with Crippen LogP contribution in [0.15, 0.2) is 27.8 Å². The first kappa shape index (κ1) is 17.9. The molecule has 2 aromatic heterocycles. The molecular formula is C18H26N4O2S. The van der Waals surface area contributed by atoms with Crippen LogP contribution in [0, 0.1) is 19.8 Å². The van der Waals surface area contributed by atoms with Crippen molar-refractivity contribution in [3.8, 4) is 0 Å². The number of ether oxygens (including phenoxy) is 1. The fourth-order valence-electron chi connectivity index (χ4n) is 2.67. The third-order valence-corrected chi connectivity index (χ3v) is 5.33. The molecule has 7 heteroatoms. The van der Waals surface area contributed by atoms with E-state index in [1.54, 1.807) is 17.6 Å². The van der Waals surface area contributed by atoms with E-state index in [1.165, 1.54) is 4.88 Å². The van der Waals surface area contributed by atoms with Gasteiger partial charge < -0.3 is 19.8 Å². The van der Waals surface area contributed by atoms with E-state index in [2.05, 4.69) is 22.5 Å². The number of nitrogens with one attached hydrogen (secondary N) is 2. The van der Waals surface area contributed by atoms with Gasteiger partial charge in [0.1, 0.15) is 10.8 Å². The summed E-state index contributed by atoms with van der Waals surface area (Å²) in [5.74, 6) is 2.35. The Kier molecular flexibility index (Phi) is 6.47. The second-order valence-electron chi connectivity index (χ2n) is 6.28. The molecular weight excluding hydrogens is 336 g/mol. The summed E-state index contributed by atoms with van der Waals surface area (Å²) in [6, 6.07) is 3.90. The number of rotatable bonds is 7. The molecule has 2 aromatic rings. The van der Waals surface area contributed by atoms with Gasteiger partial charge in [0.25, 0.3) is 0 Å². The number of nitrogens with zero attached hydrogens (tertiary/aromatic N) is 2. The van der Waals surface area contributed by atoms with E-state index in [0.29, 0.717) is 12.5 Å². The number of guanidine groups is 1. The fraction of sp³-hybridized carbons (Fsp3) is 0.556. The molecule has 2 N–H and O–H groups in total. The second kappa shape index (κ2) is 9.01. The fourth-order valence-corrected chi connectivity index (χ4v) is 3.53. The van der Waals surface area contributed by atoms with Crippen LogP contribution >= 0.6 is 11.3 Å². The maximum Gasteiger partial charge on any atom is 0.191 e. The van der Waals surface area contributed by atoms with E-state index in [9.17, 15) is 0 Å². The van der Waals surface area contributed by atoms with Crippen molar-refractivity contribution in [2.24, 2.45) is 10.9 Å². The van der Waals surface area contributed by atoms with Crippen LogP contribution in [-0.4, -0.2) is 37.2 Å². The van der Waals surface area contributed by atoms with Gasteiger partial charge in [-0.05, 0) is 32.4 Å². The van der Waals surface area contributed by atoms with Crippen molar-refractivity contribution in [3.63, 3.8) is 0 Å². The molecule has 0 radical (unpaired) electrons. The molecule has 1 saturated heterocycles. The van der Waals surface area contributed by atoms with Gasteiger partial charge in [0, 0.05) is 36.9 Å². The summed E-state index contributed by atoms with van der Waals surface area (Å²) in [6.07, 6.45) is 3.64. The summed E-state index contributed by atoms with van der Waals surface area (Å²) in [5.41, 5.74) is 1.10. The number of hydrogen-bond acceptors (Lipinski definition) is 5. The lowest BCUT2D eigenvalue weighted by molar-refractivity contribution is 0.186. The van der Waals surface area contributed by atoms with Gasteiger partial charge in [-0.15, -0.1) is 11.3 Å².